The summed E-state index contributed by atoms with van der Waals surface area (Å²) in [5.41, 5.74) is 0.502. The predicted octanol–water partition coefficient (Wildman–Crippen LogP) is 3.11. The summed E-state index contributed by atoms with van der Waals surface area (Å²) in [5.74, 6) is -0.323. The van der Waals surface area contributed by atoms with E-state index in [1.807, 2.05) is 0 Å². The second-order valence-electron chi connectivity index (χ2n) is 5.72. The Balaban J connectivity index is 1.87. The molecule has 0 spiro atoms. The zero-order valence-electron chi connectivity index (χ0n) is 13.6. The number of furan rings is 1. The van der Waals surface area contributed by atoms with Crippen LogP contribution in [0.1, 0.15) is 25.5 Å². The Bertz CT molecular complexity index is 786. The Labute approximate surface area is 153 Å². The molecule has 0 saturated carbocycles. The molecular weight excluding hydrogens is 388 g/mol. The summed E-state index contributed by atoms with van der Waals surface area (Å²) in [6.45, 7) is 1.89. The molecule has 0 aliphatic carbocycles. The van der Waals surface area contributed by atoms with Crippen molar-refractivity contribution in [2.75, 3.05) is 4.90 Å². The van der Waals surface area contributed by atoms with E-state index in [1.165, 1.54) is 11.2 Å². The van der Waals surface area contributed by atoms with E-state index >= 15 is 0 Å². The lowest BCUT2D eigenvalue weighted by molar-refractivity contribution is -0.139. The van der Waals surface area contributed by atoms with Gasteiger partial charge in [0.25, 0.3) is 5.91 Å². The molecule has 7 heteroatoms. The second-order valence-corrected chi connectivity index (χ2v) is 6.63. The van der Waals surface area contributed by atoms with Crippen LogP contribution in [0.4, 0.5) is 5.69 Å². The molecule has 1 atom stereocenters. The van der Waals surface area contributed by atoms with Crippen LogP contribution in [-0.4, -0.2) is 28.7 Å². The molecule has 0 unspecified atom stereocenters. The molecule has 0 bridgehead atoms. The Morgan fingerprint density at radius 1 is 1.28 bits per heavy atom. The van der Waals surface area contributed by atoms with Gasteiger partial charge >= 0.3 is 0 Å². The van der Waals surface area contributed by atoms with Gasteiger partial charge in [-0.05, 0) is 36.4 Å². The van der Waals surface area contributed by atoms with E-state index in [4.69, 9.17) is 4.42 Å². The molecule has 1 aromatic carbocycles. The van der Waals surface area contributed by atoms with Crippen molar-refractivity contribution in [3.8, 4) is 0 Å². The number of anilines is 1. The van der Waals surface area contributed by atoms with Crippen LogP contribution < -0.4 is 4.90 Å². The van der Waals surface area contributed by atoms with Crippen molar-refractivity contribution in [3.63, 3.8) is 0 Å². The van der Waals surface area contributed by atoms with E-state index in [-0.39, 0.29) is 37.1 Å². The molecule has 1 aliphatic rings. The highest BCUT2D eigenvalue weighted by atomic mass is 79.9. The van der Waals surface area contributed by atoms with Crippen molar-refractivity contribution in [3.05, 3.63) is 52.9 Å². The van der Waals surface area contributed by atoms with E-state index in [0.29, 0.717) is 11.4 Å². The lowest BCUT2D eigenvalue weighted by atomic mass is 10.2. The maximum absolute atomic E-state index is 12.9. The number of halogens is 1. The van der Waals surface area contributed by atoms with Crippen LogP contribution in [0, 0.1) is 0 Å². The van der Waals surface area contributed by atoms with Crippen LogP contribution in [-0.2, 0) is 20.9 Å². The number of carbonyl (C=O) groups excluding carboxylic acids is 3. The molecule has 0 N–H and O–H groups in total. The number of benzene rings is 1. The first-order chi connectivity index (χ1) is 12.0. The maximum atomic E-state index is 12.9. The van der Waals surface area contributed by atoms with Gasteiger partial charge in [0.05, 0.1) is 24.9 Å². The molecule has 2 heterocycles. The number of carbonyl (C=O) groups is 3. The Kier molecular flexibility index (Phi) is 5.03. The highest BCUT2D eigenvalue weighted by molar-refractivity contribution is 9.10. The number of hydrogen-bond donors (Lipinski definition) is 0. The zero-order valence-corrected chi connectivity index (χ0v) is 15.2. The van der Waals surface area contributed by atoms with E-state index in [9.17, 15) is 14.4 Å². The van der Waals surface area contributed by atoms with E-state index in [2.05, 4.69) is 15.9 Å². The third-order valence-electron chi connectivity index (χ3n) is 4.11. The zero-order chi connectivity index (χ0) is 18.0. The molecule has 1 saturated heterocycles. The van der Waals surface area contributed by atoms with Crippen molar-refractivity contribution in [2.24, 2.45) is 0 Å². The largest absolute Gasteiger partial charge is 0.467 e. The Morgan fingerprint density at radius 3 is 2.60 bits per heavy atom. The van der Waals surface area contributed by atoms with Gasteiger partial charge in [-0.25, -0.2) is 4.90 Å². The molecule has 1 fully saturated rings. The second kappa shape index (κ2) is 7.23. The van der Waals surface area contributed by atoms with E-state index in [0.717, 1.165) is 9.37 Å². The smallest absolute Gasteiger partial charge is 0.257 e. The number of imide groups is 1. The summed E-state index contributed by atoms with van der Waals surface area (Å²) >= 11 is 3.33. The van der Waals surface area contributed by atoms with Crippen molar-refractivity contribution < 1.29 is 18.8 Å². The monoisotopic (exact) mass is 404 g/mol. The van der Waals surface area contributed by atoms with Crippen molar-refractivity contribution in [2.45, 2.75) is 32.4 Å². The average Bonchev–Trinajstić information content (AvgIpc) is 3.21. The van der Waals surface area contributed by atoms with Gasteiger partial charge in [0, 0.05) is 10.9 Å². The van der Waals surface area contributed by atoms with E-state index in [1.54, 1.807) is 43.3 Å². The topological polar surface area (TPSA) is 70.8 Å². The number of rotatable bonds is 5. The number of hydrogen-bond acceptors (Lipinski definition) is 4. The van der Waals surface area contributed by atoms with Gasteiger partial charge < -0.3 is 9.32 Å². The lowest BCUT2D eigenvalue weighted by Crippen LogP contribution is -2.44. The van der Waals surface area contributed by atoms with Gasteiger partial charge in [0.15, 0.2) is 0 Å². The molecule has 0 radical (unpaired) electrons. The van der Waals surface area contributed by atoms with Crippen molar-refractivity contribution in [1.29, 1.82) is 0 Å². The van der Waals surface area contributed by atoms with Gasteiger partial charge in [-0.15, -0.1) is 0 Å². The normalized spacial score (nSPS) is 17.2. The SMILES string of the molecule is CCC(=O)N(Cc1ccco1)[C@@H]1CC(=O)N(c2ccc(Br)cc2)C1=O. The highest BCUT2D eigenvalue weighted by Crippen LogP contribution is 2.28. The third kappa shape index (κ3) is 3.51. The lowest BCUT2D eigenvalue weighted by Gasteiger charge is -2.26. The van der Waals surface area contributed by atoms with Gasteiger partial charge in [-0.3, -0.25) is 14.4 Å². The summed E-state index contributed by atoms with van der Waals surface area (Å²) < 4.78 is 6.15. The summed E-state index contributed by atoms with van der Waals surface area (Å²) in [5, 5.41) is 0. The molecule has 2 aromatic rings. The summed E-state index contributed by atoms with van der Waals surface area (Å²) in [4.78, 5) is 40.2. The number of amides is 3. The minimum atomic E-state index is -0.811. The first-order valence-electron chi connectivity index (χ1n) is 7.95. The fourth-order valence-corrected chi connectivity index (χ4v) is 3.13. The van der Waals surface area contributed by atoms with Crippen LogP contribution in [0.15, 0.2) is 51.6 Å². The summed E-state index contributed by atoms with van der Waals surface area (Å²) in [6, 6.07) is 9.57. The molecule has 3 rings (SSSR count). The highest BCUT2D eigenvalue weighted by Gasteiger charge is 2.44. The first kappa shape index (κ1) is 17.4. The molecule has 1 aliphatic heterocycles. The minimum absolute atomic E-state index is 0.0264. The summed E-state index contributed by atoms with van der Waals surface area (Å²) in [6.07, 6.45) is 1.73. The molecule has 3 amide bonds. The fraction of sp³-hybridized carbons (Fsp3) is 0.278. The van der Waals surface area contributed by atoms with Crippen LogP contribution in [0.25, 0.3) is 0 Å². The molecule has 6 nitrogen and oxygen atoms in total. The Hall–Kier alpha value is -2.41. The maximum Gasteiger partial charge on any atom is 0.257 e. The van der Waals surface area contributed by atoms with Crippen LogP contribution in [0.5, 0.6) is 0 Å². The number of nitrogens with zero attached hydrogens (tertiary/aromatic N) is 2. The minimum Gasteiger partial charge on any atom is -0.467 e. The fourth-order valence-electron chi connectivity index (χ4n) is 2.87. The predicted molar refractivity (Wildman–Crippen MR) is 94.6 cm³/mol. The first-order valence-corrected chi connectivity index (χ1v) is 8.74. The molecular formula is C18H17BrN2O4. The average molecular weight is 405 g/mol. The van der Waals surface area contributed by atoms with Gasteiger partial charge in [-0.1, -0.05) is 22.9 Å². The van der Waals surface area contributed by atoms with Crippen molar-refractivity contribution >= 4 is 39.3 Å². The van der Waals surface area contributed by atoms with Crippen LogP contribution in [0.3, 0.4) is 0 Å². The van der Waals surface area contributed by atoms with Gasteiger partial charge in [0.1, 0.15) is 11.8 Å². The summed E-state index contributed by atoms with van der Waals surface area (Å²) in [7, 11) is 0. The third-order valence-corrected chi connectivity index (χ3v) is 4.64. The molecule has 25 heavy (non-hydrogen) atoms. The Morgan fingerprint density at radius 2 is 2.00 bits per heavy atom. The van der Waals surface area contributed by atoms with Crippen LogP contribution >= 0.6 is 15.9 Å². The quantitative estimate of drug-likeness (QED) is 0.717. The standard InChI is InChI=1S/C18H17BrN2O4/c1-2-16(22)20(11-14-4-3-9-25-14)15-10-17(23)21(18(15)24)13-7-5-12(19)6-8-13/h3-9,15H,2,10-11H2,1H3/t15-/m1/s1. The van der Waals surface area contributed by atoms with Crippen LogP contribution in [0.2, 0.25) is 0 Å². The molecule has 130 valence electrons. The van der Waals surface area contributed by atoms with Crippen molar-refractivity contribution in [1.82, 2.24) is 4.90 Å². The van der Waals surface area contributed by atoms with E-state index < -0.39 is 6.04 Å². The molecule has 1 aromatic heterocycles. The van der Waals surface area contributed by atoms with Gasteiger partial charge in [0.2, 0.25) is 11.8 Å². The van der Waals surface area contributed by atoms with Gasteiger partial charge in [-0.2, -0.15) is 0 Å².